The van der Waals surface area contributed by atoms with Crippen molar-refractivity contribution in [1.82, 2.24) is 15.5 Å². The van der Waals surface area contributed by atoms with Crippen molar-refractivity contribution in [3.63, 3.8) is 0 Å². The van der Waals surface area contributed by atoms with Crippen LogP contribution in [0.5, 0.6) is 0 Å². The zero-order chi connectivity index (χ0) is 14.4. The molecule has 9 heteroatoms. The van der Waals surface area contributed by atoms with E-state index < -0.39 is 9.84 Å². The van der Waals surface area contributed by atoms with Crippen molar-refractivity contribution < 1.29 is 17.6 Å². The second-order valence-corrected chi connectivity index (χ2v) is 7.08. The van der Waals surface area contributed by atoms with E-state index in [0.29, 0.717) is 38.6 Å². The summed E-state index contributed by atoms with van der Waals surface area (Å²) >= 11 is 0. The molecule has 0 radical (unpaired) electrons. The van der Waals surface area contributed by atoms with E-state index in [1.54, 1.807) is 7.11 Å². The van der Waals surface area contributed by atoms with Gasteiger partial charge in [-0.1, -0.05) is 5.10 Å². The number of nitrogens with zero attached hydrogens (tertiary/aromatic N) is 2. The van der Waals surface area contributed by atoms with E-state index in [1.807, 2.05) is 0 Å². The molecule has 2 rings (SSSR count). The molecule has 1 aromatic rings. The summed E-state index contributed by atoms with van der Waals surface area (Å²) in [7, 11) is -1.32. The van der Waals surface area contributed by atoms with Gasteiger partial charge in [-0.05, 0) is 12.8 Å². The molecular formula is C11H20N4O4S. The second-order valence-electron chi connectivity index (χ2n) is 4.68. The number of anilines is 1. The van der Waals surface area contributed by atoms with Gasteiger partial charge in [0.1, 0.15) is 0 Å². The Labute approximate surface area is 118 Å². The highest BCUT2D eigenvalue weighted by Gasteiger charge is 2.31. The number of sulfone groups is 1. The van der Waals surface area contributed by atoms with Crippen LogP contribution in [-0.2, 0) is 21.1 Å². The molecule has 1 aliphatic heterocycles. The smallest absolute Gasteiger partial charge is 0.315 e. The zero-order valence-corrected chi connectivity index (χ0v) is 12.3. The summed E-state index contributed by atoms with van der Waals surface area (Å²) in [5.74, 6) is 0.732. The lowest BCUT2D eigenvalue weighted by Gasteiger charge is -2.08. The number of hydrogen-bond acceptors (Lipinski definition) is 8. The van der Waals surface area contributed by atoms with Crippen molar-refractivity contribution >= 4 is 15.9 Å². The Morgan fingerprint density at radius 2 is 2.30 bits per heavy atom. The first kappa shape index (κ1) is 15.2. The van der Waals surface area contributed by atoms with Crippen molar-refractivity contribution in [1.29, 1.82) is 0 Å². The maximum atomic E-state index is 11.7. The fourth-order valence-corrected chi connectivity index (χ4v) is 3.82. The fraction of sp³-hybridized carbons (Fsp3) is 0.818. The summed E-state index contributed by atoms with van der Waals surface area (Å²) in [5.41, 5.74) is 0. The second kappa shape index (κ2) is 7.00. The van der Waals surface area contributed by atoms with Gasteiger partial charge in [0.05, 0.1) is 24.2 Å². The van der Waals surface area contributed by atoms with Crippen molar-refractivity contribution in [3.8, 4) is 0 Å². The van der Waals surface area contributed by atoms with Crippen LogP contribution in [0.1, 0.15) is 18.7 Å². The normalized spacial score (nSPS) is 21.1. The summed E-state index contributed by atoms with van der Waals surface area (Å²) < 4.78 is 33.6. The third kappa shape index (κ3) is 4.15. The number of aromatic nitrogens is 2. The number of hydrogen-bond donors (Lipinski definition) is 2. The van der Waals surface area contributed by atoms with Crippen LogP contribution in [0.4, 0.5) is 6.01 Å². The van der Waals surface area contributed by atoms with Crippen LogP contribution in [-0.4, -0.2) is 56.4 Å². The van der Waals surface area contributed by atoms with Gasteiger partial charge in [0.2, 0.25) is 5.89 Å². The lowest BCUT2D eigenvalue weighted by atomic mass is 10.2. The average Bonchev–Trinajstić information content (AvgIpc) is 2.99. The lowest BCUT2D eigenvalue weighted by molar-refractivity contribution is 0.198. The molecule has 0 bridgehead atoms. The van der Waals surface area contributed by atoms with E-state index in [2.05, 4.69) is 20.8 Å². The summed E-state index contributed by atoms with van der Waals surface area (Å²) in [6, 6.07) is 0.260. The molecule has 0 spiro atoms. The van der Waals surface area contributed by atoms with Gasteiger partial charge < -0.3 is 19.8 Å². The first-order valence-corrected chi connectivity index (χ1v) is 8.31. The van der Waals surface area contributed by atoms with Crippen LogP contribution < -0.4 is 10.6 Å². The fourth-order valence-electron chi connectivity index (χ4n) is 2.05. The molecule has 0 saturated carbocycles. The van der Waals surface area contributed by atoms with Crippen LogP contribution >= 0.6 is 0 Å². The number of nitrogens with one attached hydrogen (secondary N) is 2. The number of rotatable bonds is 8. The Morgan fingerprint density at radius 3 is 3.00 bits per heavy atom. The summed E-state index contributed by atoms with van der Waals surface area (Å²) in [6.07, 6.45) is 1.42. The Kier molecular flexibility index (Phi) is 5.32. The highest BCUT2D eigenvalue weighted by Crippen LogP contribution is 2.20. The minimum Gasteiger partial charge on any atom is -0.407 e. The van der Waals surface area contributed by atoms with Crippen LogP contribution in [0.2, 0.25) is 0 Å². The molecular weight excluding hydrogens is 284 g/mol. The highest BCUT2D eigenvalue weighted by atomic mass is 32.2. The third-order valence-electron chi connectivity index (χ3n) is 3.17. The van der Waals surface area contributed by atoms with Crippen LogP contribution in [0.15, 0.2) is 4.42 Å². The Balaban J connectivity index is 1.75. The minimum absolute atomic E-state index is 0.260. The SMILES string of the molecule is COCCNCc1nnc(NCC2CCCS2(=O)=O)o1. The van der Waals surface area contributed by atoms with Gasteiger partial charge >= 0.3 is 6.01 Å². The quantitative estimate of drug-likeness (QED) is 0.636. The maximum Gasteiger partial charge on any atom is 0.315 e. The largest absolute Gasteiger partial charge is 0.407 e. The third-order valence-corrected chi connectivity index (χ3v) is 5.45. The Morgan fingerprint density at radius 1 is 1.45 bits per heavy atom. The van der Waals surface area contributed by atoms with E-state index in [0.717, 1.165) is 6.42 Å². The molecule has 0 amide bonds. The van der Waals surface area contributed by atoms with Gasteiger partial charge in [0.15, 0.2) is 9.84 Å². The molecule has 2 heterocycles. The topological polar surface area (TPSA) is 106 Å². The molecule has 0 aliphatic carbocycles. The molecule has 8 nitrogen and oxygen atoms in total. The summed E-state index contributed by atoms with van der Waals surface area (Å²) in [5, 5.41) is 13.3. The van der Waals surface area contributed by atoms with E-state index >= 15 is 0 Å². The number of methoxy groups -OCH3 is 1. The van der Waals surface area contributed by atoms with Gasteiger partial charge in [0, 0.05) is 20.2 Å². The summed E-state index contributed by atoms with van der Waals surface area (Å²) in [6.45, 7) is 2.08. The predicted octanol–water partition coefficient (Wildman–Crippen LogP) is -0.205. The van der Waals surface area contributed by atoms with Gasteiger partial charge in [-0.15, -0.1) is 5.10 Å². The Hall–Kier alpha value is -1.19. The van der Waals surface area contributed by atoms with Crippen molar-refractivity contribution in [2.75, 3.05) is 37.9 Å². The van der Waals surface area contributed by atoms with Gasteiger partial charge in [-0.2, -0.15) is 0 Å². The van der Waals surface area contributed by atoms with Crippen LogP contribution in [0, 0.1) is 0 Å². The van der Waals surface area contributed by atoms with E-state index in [4.69, 9.17) is 9.15 Å². The highest BCUT2D eigenvalue weighted by molar-refractivity contribution is 7.92. The Bertz CT molecular complexity index is 516. The van der Waals surface area contributed by atoms with Gasteiger partial charge in [-0.3, -0.25) is 0 Å². The molecule has 114 valence electrons. The molecule has 1 aliphatic rings. The molecule has 20 heavy (non-hydrogen) atoms. The summed E-state index contributed by atoms with van der Waals surface area (Å²) in [4.78, 5) is 0. The predicted molar refractivity (Wildman–Crippen MR) is 73.2 cm³/mol. The van der Waals surface area contributed by atoms with Crippen molar-refractivity contribution in [2.24, 2.45) is 0 Å². The number of ether oxygens (including phenoxy) is 1. The van der Waals surface area contributed by atoms with E-state index in [-0.39, 0.29) is 17.0 Å². The molecule has 1 unspecified atom stereocenters. The monoisotopic (exact) mass is 304 g/mol. The van der Waals surface area contributed by atoms with E-state index in [1.165, 1.54) is 0 Å². The first-order valence-electron chi connectivity index (χ1n) is 6.59. The van der Waals surface area contributed by atoms with Gasteiger partial charge in [-0.25, -0.2) is 8.42 Å². The maximum absolute atomic E-state index is 11.7. The molecule has 1 saturated heterocycles. The average molecular weight is 304 g/mol. The standard InChI is InChI=1S/C11H20N4O4S/c1-18-5-4-12-8-10-14-15-11(19-10)13-7-9-3-2-6-20(9,16)17/h9,12H,2-8H2,1H3,(H,13,15). The zero-order valence-electron chi connectivity index (χ0n) is 11.5. The lowest BCUT2D eigenvalue weighted by Crippen LogP contribution is -2.25. The molecule has 1 aromatic heterocycles. The van der Waals surface area contributed by atoms with Crippen molar-refractivity contribution in [2.45, 2.75) is 24.6 Å². The molecule has 0 aromatic carbocycles. The first-order chi connectivity index (χ1) is 9.62. The van der Waals surface area contributed by atoms with E-state index in [9.17, 15) is 8.42 Å². The molecule has 1 fully saturated rings. The van der Waals surface area contributed by atoms with Crippen LogP contribution in [0.25, 0.3) is 0 Å². The van der Waals surface area contributed by atoms with Crippen molar-refractivity contribution in [3.05, 3.63) is 5.89 Å². The molecule has 2 N–H and O–H groups in total. The molecule has 1 atom stereocenters. The minimum atomic E-state index is -2.95. The van der Waals surface area contributed by atoms with Gasteiger partial charge in [0.25, 0.3) is 0 Å². The van der Waals surface area contributed by atoms with Crippen LogP contribution in [0.3, 0.4) is 0 Å².